The number of hydrogen-bond acceptors (Lipinski definition) is 2. The van der Waals surface area contributed by atoms with Gasteiger partial charge in [-0.05, 0) is 35.2 Å². The van der Waals surface area contributed by atoms with Crippen LogP contribution in [0.3, 0.4) is 0 Å². The molecule has 0 saturated carbocycles. The first kappa shape index (κ1) is 16.4. The van der Waals surface area contributed by atoms with Gasteiger partial charge in [-0.1, -0.05) is 50.2 Å². The van der Waals surface area contributed by atoms with E-state index >= 15 is 0 Å². The fourth-order valence-corrected chi connectivity index (χ4v) is 2.00. The molecule has 2 aliphatic carbocycles. The van der Waals surface area contributed by atoms with Gasteiger partial charge in [0.1, 0.15) is 12.1 Å². The minimum atomic E-state index is -0.458. The first-order chi connectivity index (χ1) is 10.5. The van der Waals surface area contributed by atoms with E-state index in [2.05, 4.69) is 24.3 Å². The molecule has 0 saturated heterocycles. The van der Waals surface area contributed by atoms with Crippen LogP contribution in [-0.2, 0) is 22.6 Å². The molecule has 2 aromatic rings. The predicted molar refractivity (Wildman–Crippen MR) is 85.1 cm³/mol. The van der Waals surface area contributed by atoms with Gasteiger partial charge in [-0.25, -0.2) is 4.39 Å². The van der Waals surface area contributed by atoms with Crippen molar-refractivity contribution in [2.75, 3.05) is 6.61 Å². The molecule has 22 heavy (non-hydrogen) atoms. The SMILES string of the molecule is CC(C)(C=O)COCc1ccc(F)cc1.c1cc2cc(c1)C2. The van der Waals surface area contributed by atoms with E-state index in [1.54, 1.807) is 12.1 Å². The van der Waals surface area contributed by atoms with Gasteiger partial charge in [-0.15, -0.1) is 0 Å². The summed E-state index contributed by atoms with van der Waals surface area (Å²) in [6, 6.07) is 14.8. The lowest BCUT2D eigenvalue weighted by atomic mass is 9.94. The third kappa shape index (κ3) is 5.08. The van der Waals surface area contributed by atoms with Crippen LogP contribution >= 0.6 is 0 Å². The summed E-state index contributed by atoms with van der Waals surface area (Å²) in [5.41, 5.74) is 3.41. The molecule has 0 aromatic heterocycles. The zero-order valence-electron chi connectivity index (χ0n) is 13.0. The molecule has 2 aromatic carbocycles. The number of aldehydes is 1. The average molecular weight is 300 g/mol. The number of ether oxygens (including phenoxy) is 1. The summed E-state index contributed by atoms with van der Waals surface area (Å²) in [6.45, 7) is 4.39. The van der Waals surface area contributed by atoms with Crippen LogP contribution in [-0.4, -0.2) is 12.9 Å². The number of fused-ring (bicyclic) bond motifs is 2. The fraction of sp³-hybridized carbons (Fsp3) is 0.316. The van der Waals surface area contributed by atoms with E-state index in [1.165, 1.54) is 29.7 Å². The van der Waals surface area contributed by atoms with Gasteiger partial charge in [0.05, 0.1) is 13.2 Å². The van der Waals surface area contributed by atoms with E-state index in [9.17, 15) is 9.18 Å². The Hall–Kier alpha value is -2.00. The maximum Gasteiger partial charge on any atom is 0.127 e. The summed E-state index contributed by atoms with van der Waals surface area (Å²) >= 11 is 0. The molecule has 0 aliphatic heterocycles. The first-order valence-corrected chi connectivity index (χ1v) is 7.35. The quantitative estimate of drug-likeness (QED) is 0.661. The number of benzene rings is 2. The normalized spacial score (nSPS) is 12.0. The van der Waals surface area contributed by atoms with Gasteiger partial charge in [0.15, 0.2) is 0 Å². The average Bonchev–Trinajstić information content (AvgIpc) is 2.50. The van der Waals surface area contributed by atoms with E-state index in [1.807, 2.05) is 13.8 Å². The van der Waals surface area contributed by atoms with Crippen molar-refractivity contribution in [3.63, 3.8) is 0 Å². The number of hydrogen-bond donors (Lipinski definition) is 0. The molecule has 2 aliphatic rings. The molecule has 0 unspecified atom stereocenters. The largest absolute Gasteiger partial charge is 0.376 e. The number of rotatable bonds is 5. The second kappa shape index (κ2) is 7.32. The van der Waals surface area contributed by atoms with Gasteiger partial charge < -0.3 is 9.53 Å². The Morgan fingerprint density at radius 3 is 2.14 bits per heavy atom. The summed E-state index contributed by atoms with van der Waals surface area (Å²) < 4.78 is 17.9. The van der Waals surface area contributed by atoms with Crippen molar-refractivity contribution < 1.29 is 13.9 Å². The summed E-state index contributed by atoms with van der Waals surface area (Å²) in [7, 11) is 0. The van der Waals surface area contributed by atoms with E-state index in [4.69, 9.17) is 4.74 Å². The highest BCUT2D eigenvalue weighted by Crippen LogP contribution is 2.18. The van der Waals surface area contributed by atoms with Crippen molar-refractivity contribution in [3.8, 4) is 0 Å². The van der Waals surface area contributed by atoms with Crippen molar-refractivity contribution in [2.45, 2.75) is 26.9 Å². The Labute approximate surface area is 130 Å². The van der Waals surface area contributed by atoms with Crippen molar-refractivity contribution in [3.05, 3.63) is 71.0 Å². The number of carbonyl (C=O) groups is 1. The van der Waals surface area contributed by atoms with Crippen molar-refractivity contribution >= 4 is 6.29 Å². The summed E-state index contributed by atoms with van der Waals surface area (Å²) in [4.78, 5) is 10.6. The molecule has 3 heteroatoms. The van der Waals surface area contributed by atoms with Gasteiger partial charge in [0.25, 0.3) is 0 Å². The first-order valence-electron chi connectivity index (χ1n) is 7.35. The fourth-order valence-electron chi connectivity index (χ4n) is 2.00. The molecule has 0 fully saturated rings. The highest BCUT2D eigenvalue weighted by molar-refractivity contribution is 5.57. The maximum atomic E-state index is 12.6. The highest BCUT2D eigenvalue weighted by atomic mass is 19.1. The van der Waals surface area contributed by atoms with E-state index in [-0.39, 0.29) is 5.82 Å². The zero-order valence-corrected chi connectivity index (χ0v) is 13.0. The molecule has 4 rings (SSSR count). The molecule has 0 heterocycles. The lowest BCUT2D eigenvalue weighted by molar-refractivity contribution is -0.117. The van der Waals surface area contributed by atoms with Crippen LogP contribution in [0.15, 0.2) is 48.5 Å². The van der Waals surface area contributed by atoms with Crippen LogP contribution in [0.2, 0.25) is 0 Å². The second-order valence-corrected chi connectivity index (χ2v) is 6.22. The minimum Gasteiger partial charge on any atom is -0.376 e. The molecule has 0 radical (unpaired) electrons. The smallest absolute Gasteiger partial charge is 0.127 e. The van der Waals surface area contributed by atoms with Crippen LogP contribution in [0.25, 0.3) is 0 Å². The third-order valence-electron chi connectivity index (χ3n) is 3.37. The predicted octanol–water partition coefficient (Wildman–Crippen LogP) is 4.16. The zero-order chi connectivity index (χ0) is 16.0. The van der Waals surface area contributed by atoms with Gasteiger partial charge in [-0.2, -0.15) is 0 Å². The van der Waals surface area contributed by atoms with Crippen LogP contribution < -0.4 is 0 Å². The Morgan fingerprint density at radius 1 is 1.14 bits per heavy atom. The molecule has 0 spiro atoms. The van der Waals surface area contributed by atoms with Crippen LogP contribution in [0.4, 0.5) is 4.39 Å². The molecule has 2 bridgehead atoms. The van der Waals surface area contributed by atoms with Crippen molar-refractivity contribution in [1.82, 2.24) is 0 Å². The molecular weight excluding hydrogens is 279 g/mol. The van der Waals surface area contributed by atoms with E-state index in [0.717, 1.165) is 11.8 Å². The molecule has 116 valence electrons. The van der Waals surface area contributed by atoms with Gasteiger partial charge in [0, 0.05) is 5.41 Å². The number of halogens is 1. The lowest BCUT2D eigenvalue weighted by Crippen LogP contribution is -2.20. The Bertz CT molecular complexity index is 593. The lowest BCUT2D eigenvalue weighted by Gasteiger charge is -2.16. The highest BCUT2D eigenvalue weighted by Gasteiger charge is 2.16. The second-order valence-electron chi connectivity index (χ2n) is 6.22. The molecular formula is C19H21FO2. The van der Waals surface area contributed by atoms with Gasteiger partial charge in [0.2, 0.25) is 0 Å². The van der Waals surface area contributed by atoms with Crippen LogP contribution in [0.5, 0.6) is 0 Å². The van der Waals surface area contributed by atoms with Gasteiger partial charge in [-0.3, -0.25) is 0 Å². The molecule has 0 N–H and O–H groups in total. The summed E-state index contributed by atoms with van der Waals surface area (Å²) in [5.74, 6) is -0.257. The third-order valence-corrected chi connectivity index (χ3v) is 3.37. The maximum absolute atomic E-state index is 12.6. The molecule has 0 amide bonds. The Balaban J connectivity index is 0.000000205. The topological polar surface area (TPSA) is 26.3 Å². The van der Waals surface area contributed by atoms with Crippen LogP contribution in [0.1, 0.15) is 30.5 Å². The summed E-state index contributed by atoms with van der Waals surface area (Å²) in [5, 5.41) is 0. The Kier molecular flexibility index (Phi) is 5.45. The summed E-state index contributed by atoms with van der Waals surface area (Å²) in [6.07, 6.45) is 2.09. The van der Waals surface area contributed by atoms with Crippen molar-refractivity contribution in [1.29, 1.82) is 0 Å². The van der Waals surface area contributed by atoms with Crippen LogP contribution in [0, 0.1) is 11.2 Å². The molecule has 0 atom stereocenters. The standard InChI is InChI=1S/C12H15FO2.C7H6/c1-12(2,8-14)9-15-7-10-3-5-11(13)6-4-10;1-2-6-4-7(3-1)5-6/h3-6,8H,7,9H2,1-2H3;1-4H,5H2. The van der Waals surface area contributed by atoms with Crippen molar-refractivity contribution in [2.24, 2.45) is 5.41 Å². The minimum absolute atomic E-state index is 0.257. The molecule has 2 nitrogen and oxygen atoms in total. The van der Waals surface area contributed by atoms with E-state index in [0.29, 0.717) is 13.2 Å². The van der Waals surface area contributed by atoms with Gasteiger partial charge >= 0.3 is 0 Å². The Morgan fingerprint density at radius 2 is 1.73 bits per heavy atom. The monoisotopic (exact) mass is 300 g/mol. The number of carbonyl (C=O) groups excluding carboxylic acids is 1. The van der Waals surface area contributed by atoms with E-state index < -0.39 is 5.41 Å².